The Hall–Kier alpha value is -4.08. The summed E-state index contributed by atoms with van der Waals surface area (Å²) in [6, 6.07) is 9.82. The molecule has 10 heteroatoms. The van der Waals surface area contributed by atoms with Gasteiger partial charge in [0.05, 0.1) is 29.6 Å². The van der Waals surface area contributed by atoms with Gasteiger partial charge in [-0.2, -0.15) is 0 Å². The summed E-state index contributed by atoms with van der Waals surface area (Å²) in [5.41, 5.74) is 1.14. The fraction of sp³-hybridized carbons (Fsp3) is 0.158. The number of amides is 1. The van der Waals surface area contributed by atoms with Gasteiger partial charge >= 0.3 is 5.97 Å². The molecule has 2 aromatic heterocycles. The number of carbonyl (C=O) groups is 2. The van der Waals surface area contributed by atoms with E-state index in [2.05, 4.69) is 20.4 Å². The monoisotopic (exact) mass is 395 g/mol. The molecule has 3 rings (SSSR count). The van der Waals surface area contributed by atoms with E-state index in [0.717, 1.165) is 6.21 Å². The van der Waals surface area contributed by atoms with Gasteiger partial charge in [0.25, 0.3) is 5.91 Å². The molecule has 2 heterocycles. The number of esters is 1. The van der Waals surface area contributed by atoms with Crippen LogP contribution in [0.15, 0.2) is 58.0 Å². The summed E-state index contributed by atoms with van der Waals surface area (Å²) >= 11 is 0. The number of pyridine rings is 1. The van der Waals surface area contributed by atoms with Gasteiger partial charge in [0.2, 0.25) is 5.88 Å². The van der Waals surface area contributed by atoms with Crippen LogP contribution in [-0.4, -0.2) is 44.6 Å². The molecule has 0 atom stereocenters. The van der Waals surface area contributed by atoms with E-state index in [9.17, 15) is 14.7 Å². The van der Waals surface area contributed by atoms with Crippen LogP contribution in [0.2, 0.25) is 0 Å². The summed E-state index contributed by atoms with van der Waals surface area (Å²) in [6.45, 7) is 1.70. The molecular formula is C19H17N5O5. The van der Waals surface area contributed by atoms with Gasteiger partial charge in [0, 0.05) is 11.6 Å². The fourth-order valence-corrected chi connectivity index (χ4v) is 2.69. The lowest BCUT2D eigenvalue weighted by Gasteiger charge is -2.06. The Kier molecular flexibility index (Phi) is 5.93. The molecule has 0 radical (unpaired) electrons. The Morgan fingerprint density at radius 3 is 2.72 bits per heavy atom. The number of azo groups is 1. The zero-order valence-electron chi connectivity index (χ0n) is 15.4. The summed E-state index contributed by atoms with van der Waals surface area (Å²) < 4.78 is 6.28. The van der Waals surface area contributed by atoms with E-state index in [0.29, 0.717) is 16.6 Å². The molecule has 0 bridgehead atoms. The van der Waals surface area contributed by atoms with Crippen LogP contribution in [0.1, 0.15) is 23.0 Å². The van der Waals surface area contributed by atoms with Crippen molar-refractivity contribution in [2.75, 3.05) is 6.61 Å². The number of ether oxygens (including phenoxy) is 1. The van der Waals surface area contributed by atoms with Crippen molar-refractivity contribution in [1.29, 1.82) is 0 Å². The van der Waals surface area contributed by atoms with Crippen LogP contribution in [0.4, 0.5) is 5.69 Å². The lowest BCUT2D eigenvalue weighted by atomic mass is 10.2. The topological polar surface area (TPSA) is 139 Å². The number of aromatic nitrogens is 2. The molecule has 1 aromatic carbocycles. The van der Waals surface area contributed by atoms with E-state index >= 15 is 0 Å². The number of aromatic hydroxyl groups is 1. The lowest BCUT2D eigenvalue weighted by Crippen LogP contribution is -2.12. The van der Waals surface area contributed by atoms with E-state index in [-0.39, 0.29) is 30.3 Å². The number of para-hydroxylation sites is 1. The Labute approximate surface area is 164 Å². The molecular weight excluding hydrogens is 378 g/mol. The molecule has 0 saturated heterocycles. The quantitative estimate of drug-likeness (QED) is 0.216. The molecule has 3 aromatic rings. The first-order valence-corrected chi connectivity index (χ1v) is 8.60. The summed E-state index contributed by atoms with van der Waals surface area (Å²) in [5, 5.41) is 30.0. The second-order valence-corrected chi connectivity index (χ2v) is 5.80. The van der Waals surface area contributed by atoms with Crippen molar-refractivity contribution < 1.29 is 24.6 Å². The van der Waals surface area contributed by atoms with E-state index in [4.69, 9.17) is 9.94 Å². The number of carbonyl (C=O) groups excluding carboxylic acids is 2. The first-order chi connectivity index (χ1) is 14.0. The highest BCUT2D eigenvalue weighted by Crippen LogP contribution is 2.38. The third-order valence-corrected chi connectivity index (χ3v) is 3.97. The number of benzene rings is 1. The van der Waals surface area contributed by atoms with Crippen molar-refractivity contribution in [3.8, 4) is 5.88 Å². The van der Waals surface area contributed by atoms with Gasteiger partial charge in [-0.1, -0.05) is 23.4 Å². The Balaban J connectivity index is 1.92. The highest BCUT2D eigenvalue weighted by Gasteiger charge is 2.19. The number of hydrogen-bond donors (Lipinski definition) is 2. The highest BCUT2D eigenvalue weighted by molar-refractivity contribution is 5.98. The normalized spacial score (nSPS) is 11.5. The molecule has 2 N–H and O–H groups in total. The van der Waals surface area contributed by atoms with E-state index in [1.54, 1.807) is 31.2 Å². The molecule has 0 aliphatic rings. The van der Waals surface area contributed by atoms with Crippen LogP contribution in [-0.2, 0) is 16.1 Å². The zero-order chi connectivity index (χ0) is 20.8. The predicted octanol–water partition coefficient (Wildman–Crippen LogP) is 3.04. The maximum atomic E-state index is 12.3. The van der Waals surface area contributed by atoms with E-state index < -0.39 is 11.9 Å². The van der Waals surface area contributed by atoms with Crippen LogP contribution in [0.3, 0.4) is 0 Å². The van der Waals surface area contributed by atoms with Gasteiger partial charge in [-0.05, 0) is 25.1 Å². The summed E-state index contributed by atoms with van der Waals surface area (Å²) in [4.78, 5) is 28.0. The molecule has 0 spiro atoms. The average molecular weight is 395 g/mol. The number of nitrogens with zero attached hydrogens (tertiary/aromatic N) is 5. The molecule has 0 aliphatic heterocycles. The number of hydrogen-bond acceptors (Lipinski definition) is 8. The predicted molar refractivity (Wildman–Crippen MR) is 103 cm³/mol. The third kappa shape index (κ3) is 4.26. The molecule has 29 heavy (non-hydrogen) atoms. The van der Waals surface area contributed by atoms with Gasteiger partial charge in [-0.15, -0.1) is 10.2 Å². The Morgan fingerprint density at radius 2 is 2.03 bits per heavy atom. The second kappa shape index (κ2) is 8.74. The molecule has 10 nitrogen and oxygen atoms in total. The minimum atomic E-state index is -0.674. The number of oxime groups is 1. The minimum Gasteiger partial charge on any atom is -0.493 e. The molecule has 0 unspecified atom stereocenters. The van der Waals surface area contributed by atoms with Gasteiger partial charge in [-0.3, -0.25) is 19.1 Å². The van der Waals surface area contributed by atoms with Crippen LogP contribution in [0.25, 0.3) is 10.9 Å². The highest BCUT2D eigenvalue weighted by atomic mass is 16.5. The number of fused-ring (bicyclic) bond motifs is 1. The smallest absolute Gasteiger partial charge is 0.326 e. The summed E-state index contributed by atoms with van der Waals surface area (Å²) in [5.74, 6) is -1.49. The molecule has 0 aliphatic carbocycles. The summed E-state index contributed by atoms with van der Waals surface area (Å²) in [6.07, 6.45) is 2.38. The first-order valence-electron chi connectivity index (χ1n) is 8.60. The average Bonchev–Trinajstić information content (AvgIpc) is 2.98. The van der Waals surface area contributed by atoms with Crippen molar-refractivity contribution in [1.82, 2.24) is 9.55 Å². The van der Waals surface area contributed by atoms with E-state index in [1.165, 1.54) is 22.9 Å². The van der Waals surface area contributed by atoms with Gasteiger partial charge in [0.1, 0.15) is 6.54 Å². The molecule has 0 saturated carbocycles. The van der Waals surface area contributed by atoms with Gasteiger partial charge in [0.15, 0.2) is 5.69 Å². The van der Waals surface area contributed by atoms with Crippen molar-refractivity contribution in [3.63, 3.8) is 0 Å². The van der Waals surface area contributed by atoms with Crippen LogP contribution in [0, 0.1) is 0 Å². The maximum absolute atomic E-state index is 12.3. The molecule has 148 valence electrons. The van der Waals surface area contributed by atoms with E-state index in [1.807, 2.05) is 0 Å². The molecule has 1 amide bonds. The van der Waals surface area contributed by atoms with Crippen LogP contribution >= 0.6 is 0 Å². The SMILES string of the molecule is CCOC(=O)Cn1c(O)c(N=NC(=O)c2ccc(/C=N/O)nc2)c2ccccc21. The second-order valence-electron chi connectivity index (χ2n) is 5.80. The zero-order valence-corrected chi connectivity index (χ0v) is 15.4. The third-order valence-electron chi connectivity index (χ3n) is 3.97. The largest absolute Gasteiger partial charge is 0.493 e. The van der Waals surface area contributed by atoms with Gasteiger partial charge < -0.3 is 15.1 Å². The van der Waals surface area contributed by atoms with Crippen molar-refractivity contribution in [2.24, 2.45) is 15.4 Å². The first kappa shape index (κ1) is 19.7. The van der Waals surface area contributed by atoms with Crippen LogP contribution in [0.5, 0.6) is 5.88 Å². The fourth-order valence-electron chi connectivity index (χ4n) is 2.69. The number of rotatable bonds is 6. The molecule has 0 fully saturated rings. The Bertz CT molecular complexity index is 1100. The van der Waals surface area contributed by atoms with Crippen molar-refractivity contribution in [3.05, 3.63) is 53.9 Å². The standard InChI is InChI=1S/C19H17N5O5/c1-2-29-16(25)11-24-15-6-4-3-5-14(15)17(19(24)27)22-23-18(26)12-7-8-13(10-21-28)20-9-12/h3-10,27-28H,2,11H2,1H3/b21-10+,23-22?. The minimum absolute atomic E-state index is 0.0650. The lowest BCUT2D eigenvalue weighted by molar-refractivity contribution is -0.143. The van der Waals surface area contributed by atoms with Crippen molar-refractivity contribution >= 4 is 34.7 Å². The Morgan fingerprint density at radius 1 is 1.24 bits per heavy atom. The van der Waals surface area contributed by atoms with Crippen LogP contribution < -0.4 is 0 Å². The maximum Gasteiger partial charge on any atom is 0.326 e. The summed E-state index contributed by atoms with van der Waals surface area (Å²) in [7, 11) is 0. The van der Waals surface area contributed by atoms with Gasteiger partial charge in [-0.25, -0.2) is 0 Å². The van der Waals surface area contributed by atoms with Crippen molar-refractivity contribution in [2.45, 2.75) is 13.5 Å².